The smallest absolute Gasteiger partial charge is 0.228 e. The molecule has 1 aromatic rings. The van der Waals surface area contributed by atoms with Crippen LogP contribution in [-0.2, 0) is 16.1 Å². The van der Waals surface area contributed by atoms with Gasteiger partial charge in [0, 0.05) is 44.4 Å². The number of amides is 2. The van der Waals surface area contributed by atoms with E-state index in [-0.39, 0.29) is 17.7 Å². The summed E-state index contributed by atoms with van der Waals surface area (Å²) in [6.45, 7) is 1.13. The second-order valence-corrected chi connectivity index (χ2v) is 5.48. The summed E-state index contributed by atoms with van der Waals surface area (Å²) in [6, 6.07) is 0.407. The number of likely N-dealkylation sites (tertiary alicyclic amines) is 1. The Hall–Kier alpha value is -1.85. The molecule has 0 radical (unpaired) electrons. The summed E-state index contributed by atoms with van der Waals surface area (Å²) < 4.78 is 0. The number of H-pyrrole nitrogens is 1. The van der Waals surface area contributed by atoms with E-state index in [0.29, 0.717) is 25.6 Å². The molecule has 2 heterocycles. The summed E-state index contributed by atoms with van der Waals surface area (Å²) in [7, 11) is 1.78. The third-order valence-electron chi connectivity index (χ3n) is 3.85. The first-order chi connectivity index (χ1) is 9.15. The van der Waals surface area contributed by atoms with Gasteiger partial charge in [0.05, 0.1) is 12.1 Å². The fraction of sp³-hybridized carbons (Fsp3) is 0.615. The van der Waals surface area contributed by atoms with Crippen LogP contribution >= 0.6 is 0 Å². The minimum atomic E-state index is -0.176. The Balaban J connectivity index is 1.59. The number of hydrogen-bond donors (Lipinski definition) is 1. The van der Waals surface area contributed by atoms with Crippen molar-refractivity contribution in [3.05, 3.63) is 18.0 Å². The van der Waals surface area contributed by atoms with Gasteiger partial charge in [-0.2, -0.15) is 5.10 Å². The van der Waals surface area contributed by atoms with E-state index in [1.54, 1.807) is 24.3 Å². The van der Waals surface area contributed by atoms with Crippen LogP contribution < -0.4 is 0 Å². The summed E-state index contributed by atoms with van der Waals surface area (Å²) in [4.78, 5) is 27.7. The van der Waals surface area contributed by atoms with Crippen LogP contribution in [0, 0.1) is 5.92 Å². The fourth-order valence-electron chi connectivity index (χ4n) is 2.66. The zero-order valence-corrected chi connectivity index (χ0v) is 11.0. The molecule has 102 valence electrons. The molecule has 1 aromatic heterocycles. The first-order valence-electron chi connectivity index (χ1n) is 6.67. The largest absolute Gasteiger partial charge is 0.341 e. The third kappa shape index (κ3) is 2.47. The standard InChI is InChI=1S/C13H18N4O2/c1-16(7-9-5-14-15-6-9)13(19)10-4-12(18)17(8-10)11-2-3-11/h5-6,10-11H,2-4,7-8H2,1H3,(H,14,15). The molecule has 1 saturated carbocycles. The average Bonchev–Trinajstić information content (AvgIpc) is 2.96. The van der Waals surface area contributed by atoms with E-state index < -0.39 is 0 Å². The lowest BCUT2D eigenvalue weighted by Crippen LogP contribution is -2.34. The van der Waals surface area contributed by atoms with Crippen LogP contribution in [0.1, 0.15) is 24.8 Å². The maximum atomic E-state index is 12.3. The minimum absolute atomic E-state index is 0.0534. The lowest BCUT2D eigenvalue weighted by Gasteiger charge is -2.20. The lowest BCUT2D eigenvalue weighted by molar-refractivity contribution is -0.135. The second kappa shape index (κ2) is 4.68. The molecule has 0 spiro atoms. The van der Waals surface area contributed by atoms with Crippen LogP contribution in [0.25, 0.3) is 0 Å². The van der Waals surface area contributed by atoms with Crippen LogP contribution in [0.15, 0.2) is 12.4 Å². The number of nitrogens with zero attached hydrogens (tertiary/aromatic N) is 3. The van der Waals surface area contributed by atoms with Crippen molar-refractivity contribution < 1.29 is 9.59 Å². The van der Waals surface area contributed by atoms with Crippen LogP contribution in [0.5, 0.6) is 0 Å². The fourth-order valence-corrected chi connectivity index (χ4v) is 2.66. The predicted molar refractivity (Wildman–Crippen MR) is 67.9 cm³/mol. The van der Waals surface area contributed by atoms with E-state index in [9.17, 15) is 9.59 Å². The van der Waals surface area contributed by atoms with Crippen molar-refractivity contribution in [2.45, 2.75) is 31.8 Å². The van der Waals surface area contributed by atoms with Gasteiger partial charge in [-0.1, -0.05) is 0 Å². The Morgan fingerprint density at radius 3 is 3.00 bits per heavy atom. The monoisotopic (exact) mass is 262 g/mol. The molecule has 2 aliphatic rings. The van der Waals surface area contributed by atoms with Gasteiger partial charge in [0.25, 0.3) is 0 Å². The Kier molecular flexibility index (Phi) is 3.00. The molecule has 3 rings (SSSR count). The van der Waals surface area contributed by atoms with Gasteiger partial charge in [-0.25, -0.2) is 0 Å². The predicted octanol–water partition coefficient (Wildman–Crippen LogP) is 0.379. The van der Waals surface area contributed by atoms with Crippen molar-refractivity contribution in [2.24, 2.45) is 5.92 Å². The molecule has 1 saturated heterocycles. The first kappa shape index (κ1) is 12.2. The van der Waals surface area contributed by atoms with E-state index in [4.69, 9.17) is 0 Å². The van der Waals surface area contributed by atoms with E-state index in [0.717, 1.165) is 18.4 Å². The zero-order valence-electron chi connectivity index (χ0n) is 11.0. The van der Waals surface area contributed by atoms with Crippen LogP contribution in [0.4, 0.5) is 0 Å². The highest BCUT2D eigenvalue weighted by Gasteiger charge is 2.42. The molecule has 6 heteroatoms. The molecular weight excluding hydrogens is 244 g/mol. The zero-order chi connectivity index (χ0) is 13.4. The van der Waals surface area contributed by atoms with Crippen molar-refractivity contribution in [1.29, 1.82) is 0 Å². The van der Waals surface area contributed by atoms with Gasteiger partial charge >= 0.3 is 0 Å². The summed E-state index contributed by atoms with van der Waals surface area (Å²) in [5.74, 6) is 0.0141. The number of carbonyl (C=O) groups is 2. The van der Waals surface area contributed by atoms with Gasteiger partial charge in [-0.15, -0.1) is 0 Å². The summed E-state index contributed by atoms with van der Waals surface area (Å²) >= 11 is 0. The molecule has 0 aromatic carbocycles. The van der Waals surface area contributed by atoms with E-state index >= 15 is 0 Å². The Morgan fingerprint density at radius 2 is 2.37 bits per heavy atom. The average molecular weight is 262 g/mol. The Morgan fingerprint density at radius 1 is 1.58 bits per heavy atom. The van der Waals surface area contributed by atoms with Crippen molar-refractivity contribution in [3.63, 3.8) is 0 Å². The topological polar surface area (TPSA) is 69.3 Å². The Labute approximate surface area is 111 Å². The highest BCUT2D eigenvalue weighted by Crippen LogP contribution is 2.33. The number of rotatable bonds is 4. The number of aromatic amines is 1. The highest BCUT2D eigenvalue weighted by atomic mass is 16.2. The van der Waals surface area contributed by atoms with E-state index in [1.807, 2.05) is 4.90 Å². The maximum absolute atomic E-state index is 12.3. The molecule has 0 bridgehead atoms. The van der Waals surface area contributed by atoms with Gasteiger partial charge in [0.15, 0.2) is 0 Å². The second-order valence-electron chi connectivity index (χ2n) is 5.48. The molecule has 1 unspecified atom stereocenters. The normalized spacial score (nSPS) is 22.9. The molecule has 19 heavy (non-hydrogen) atoms. The van der Waals surface area contributed by atoms with Gasteiger partial charge < -0.3 is 9.80 Å². The summed E-state index contributed by atoms with van der Waals surface area (Å²) in [6.07, 6.45) is 6.04. The maximum Gasteiger partial charge on any atom is 0.228 e. The lowest BCUT2D eigenvalue weighted by atomic mass is 10.1. The quantitative estimate of drug-likeness (QED) is 0.852. The molecule has 1 aliphatic heterocycles. The van der Waals surface area contributed by atoms with Crippen molar-refractivity contribution >= 4 is 11.8 Å². The molecule has 1 atom stereocenters. The summed E-state index contributed by atoms with van der Waals surface area (Å²) in [5, 5.41) is 6.59. The SMILES string of the molecule is CN(Cc1cn[nH]c1)C(=O)C1CC(=O)N(C2CC2)C1. The van der Waals surface area contributed by atoms with Crippen molar-refractivity contribution in [3.8, 4) is 0 Å². The van der Waals surface area contributed by atoms with Gasteiger partial charge in [0.2, 0.25) is 11.8 Å². The number of hydrogen-bond acceptors (Lipinski definition) is 3. The summed E-state index contributed by atoms with van der Waals surface area (Å²) in [5.41, 5.74) is 0.972. The number of nitrogens with one attached hydrogen (secondary N) is 1. The van der Waals surface area contributed by atoms with Crippen LogP contribution in [0.3, 0.4) is 0 Å². The first-order valence-corrected chi connectivity index (χ1v) is 6.67. The van der Waals surface area contributed by atoms with Gasteiger partial charge in [0.1, 0.15) is 0 Å². The molecule has 1 N–H and O–H groups in total. The highest BCUT2D eigenvalue weighted by molar-refractivity contribution is 5.89. The van der Waals surface area contributed by atoms with E-state index in [2.05, 4.69) is 10.2 Å². The van der Waals surface area contributed by atoms with Gasteiger partial charge in [-0.3, -0.25) is 14.7 Å². The molecule has 1 aliphatic carbocycles. The van der Waals surface area contributed by atoms with Crippen LogP contribution in [0.2, 0.25) is 0 Å². The Bertz CT molecular complexity index is 481. The third-order valence-corrected chi connectivity index (χ3v) is 3.85. The van der Waals surface area contributed by atoms with Gasteiger partial charge in [-0.05, 0) is 12.8 Å². The molecule has 6 nitrogen and oxygen atoms in total. The molecule has 2 fully saturated rings. The minimum Gasteiger partial charge on any atom is -0.341 e. The number of carbonyl (C=O) groups excluding carboxylic acids is 2. The van der Waals surface area contributed by atoms with Crippen molar-refractivity contribution in [2.75, 3.05) is 13.6 Å². The van der Waals surface area contributed by atoms with Crippen LogP contribution in [-0.4, -0.2) is 51.4 Å². The van der Waals surface area contributed by atoms with E-state index in [1.165, 1.54) is 0 Å². The molecular formula is C13H18N4O2. The van der Waals surface area contributed by atoms with Crippen molar-refractivity contribution in [1.82, 2.24) is 20.0 Å². The number of aromatic nitrogens is 2. The molecule has 2 amide bonds.